The topological polar surface area (TPSA) is 26.3 Å². The highest BCUT2D eigenvalue weighted by molar-refractivity contribution is 6.15. The average molecular weight is 223 g/mol. The molecule has 0 aliphatic heterocycles. The predicted octanol–water partition coefficient (Wildman–Crippen LogP) is 2.36. The summed E-state index contributed by atoms with van der Waals surface area (Å²) in [4.78, 5) is 10.1. The zero-order valence-corrected chi connectivity index (χ0v) is 10.5. The van der Waals surface area contributed by atoms with Crippen LogP contribution in [0, 0.1) is 0 Å². The Morgan fingerprint density at radius 3 is 1.86 bits per heavy atom. The number of nitrogens with zero attached hydrogens (tertiary/aromatic N) is 1. The smallest absolute Gasteiger partial charge is 0.343 e. The fraction of sp³-hybridized carbons (Fsp3) is 0.700. The lowest BCUT2D eigenvalue weighted by molar-refractivity contribution is -0.870. The van der Waals surface area contributed by atoms with E-state index in [0.29, 0.717) is 5.57 Å². The monoisotopic (exact) mass is 222 g/mol. The van der Waals surface area contributed by atoms with Crippen molar-refractivity contribution in [3.63, 3.8) is 0 Å². The fourth-order valence-electron chi connectivity index (χ4n) is 0.737. The lowest BCUT2D eigenvalue weighted by Gasteiger charge is -2.22. The van der Waals surface area contributed by atoms with E-state index in [-0.39, 0.29) is 0 Å². The van der Waals surface area contributed by atoms with E-state index in [4.69, 9.17) is 0 Å². The normalized spacial score (nSPS) is 9.86. The van der Waals surface area contributed by atoms with Gasteiger partial charge in [0.05, 0.1) is 27.7 Å². The number of carbonyl (C=O) groups is 1. The molecule has 0 aromatic heterocycles. The first kappa shape index (κ1) is 15.9. The molecule has 0 unspecified atom stereocenters. The molecule has 84 valence electrons. The zero-order chi connectivity index (χ0) is 11.8. The van der Waals surface area contributed by atoms with Crippen molar-refractivity contribution in [2.75, 3.05) is 27.7 Å². The van der Waals surface area contributed by atoms with Gasteiger partial charge < -0.3 is 8.77 Å². The maximum atomic E-state index is 10.1. The van der Waals surface area contributed by atoms with E-state index in [1.165, 1.54) is 19.9 Å². The van der Waals surface area contributed by atoms with Crippen LogP contribution in [0.2, 0.25) is 0 Å². The lowest BCUT2D eigenvalue weighted by atomic mass is 10.4. The summed E-state index contributed by atoms with van der Waals surface area (Å²) in [7, 11) is 6.64. The molecule has 0 rings (SSSR count). The molecule has 0 atom stereocenters. The first-order chi connectivity index (χ1) is 6.24. The van der Waals surface area contributed by atoms with Gasteiger partial charge in [-0.3, -0.25) is 0 Å². The highest BCUT2D eigenvalue weighted by Gasteiger charge is 2.01. The third kappa shape index (κ3) is 14.0. The van der Waals surface area contributed by atoms with E-state index in [1.807, 2.05) is 0 Å². The van der Waals surface area contributed by atoms with Crippen molar-refractivity contribution in [3.05, 3.63) is 12.2 Å². The summed E-state index contributed by atoms with van der Waals surface area (Å²) in [6, 6.07) is 0. The van der Waals surface area contributed by atoms with Gasteiger partial charge in [-0.25, -0.2) is 4.79 Å². The van der Waals surface area contributed by atoms with Crippen molar-refractivity contribution < 1.29 is 13.6 Å². The molecule has 0 amide bonds. The van der Waals surface area contributed by atoms with Crippen molar-refractivity contribution in [1.82, 2.24) is 0 Å². The van der Waals surface area contributed by atoms with E-state index in [1.54, 1.807) is 0 Å². The van der Waals surface area contributed by atoms with Gasteiger partial charge in [0.1, 0.15) is 11.9 Å². The predicted molar refractivity (Wildman–Crippen MR) is 59.9 cm³/mol. The molecular formula is C10H21ClNO2+. The molecule has 0 heterocycles. The number of hydrogen-bond acceptors (Lipinski definition) is 2. The van der Waals surface area contributed by atoms with Crippen LogP contribution in [0.5, 0.6) is 0 Å². The number of rotatable bonds is 3. The molecular weight excluding hydrogens is 202 g/mol. The summed E-state index contributed by atoms with van der Waals surface area (Å²) in [6.45, 7) is 8.28. The quantitative estimate of drug-likeness (QED) is 0.541. The Kier molecular flexibility index (Phi) is 8.89. The van der Waals surface area contributed by atoms with Gasteiger partial charge in [-0.2, -0.15) is 0 Å². The van der Waals surface area contributed by atoms with Crippen LogP contribution in [0.1, 0.15) is 20.3 Å². The van der Waals surface area contributed by atoms with Crippen molar-refractivity contribution in [2.24, 2.45) is 0 Å². The van der Waals surface area contributed by atoms with E-state index in [9.17, 15) is 4.79 Å². The van der Waals surface area contributed by atoms with Gasteiger partial charge in [0.2, 0.25) is 0 Å². The molecule has 0 saturated heterocycles. The van der Waals surface area contributed by atoms with E-state index in [0.717, 1.165) is 4.48 Å². The minimum atomic E-state index is -0.582. The maximum absolute atomic E-state index is 10.1. The molecule has 0 aromatic rings. The number of halogens is 1. The van der Waals surface area contributed by atoms with Gasteiger partial charge >= 0.3 is 5.97 Å². The van der Waals surface area contributed by atoms with Gasteiger partial charge in [-0.15, -0.1) is 0 Å². The van der Waals surface area contributed by atoms with Crippen molar-refractivity contribution in [1.29, 1.82) is 0 Å². The number of carbonyl (C=O) groups excluding carboxylic acids is 1. The number of hydrogen-bond donors (Lipinski definition) is 0. The Hall–Kier alpha value is -0.540. The van der Waals surface area contributed by atoms with E-state index >= 15 is 0 Å². The molecule has 0 aromatic carbocycles. The minimum absolute atomic E-state index is 0.301. The van der Waals surface area contributed by atoms with Crippen LogP contribution < -0.4 is 0 Å². The van der Waals surface area contributed by atoms with Gasteiger partial charge in [0, 0.05) is 5.57 Å². The van der Waals surface area contributed by atoms with Gasteiger partial charge in [-0.05, 0) is 13.3 Å². The molecule has 14 heavy (non-hydrogen) atoms. The summed E-state index contributed by atoms with van der Waals surface area (Å²) in [5, 5.41) is 0. The van der Waals surface area contributed by atoms with Gasteiger partial charge in [0.15, 0.2) is 0 Å². The summed E-state index contributed by atoms with van der Waals surface area (Å²) in [6.07, 6.45) is 1.28. The first-order valence-electron chi connectivity index (χ1n) is 4.53. The standard InChI is InChI=1S/C6H16N.C4H5ClO2/c1-5-6-7(2,3)4;1-3(2)4(6)7-5/h5-6H2,1-4H3;1H2,2H3/q+1;. The van der Waals surface area contributed by atoms with Crippen LogP contribution in [0.3, 0.4) is 0 Å². The van der Waals surface area contributed by atoms with Crippen molar-refractivity contribution >= 4 is 17.8 Å². The van der Waals surface area contributed by atoms with E-state index < -0.39 is 5.97 Å². The SMILES string of the molecule is C=C(C)C(=O)OCl.CCC[N+](C)(C)C. The highest BCUT2D eigenvalue weighted by Crippen LogP contribution is 1.92. The van der Waals surface area contributed by atoms with E-state index in [2.05, 4.69) is 50.8 Å². The summed E-state index contributed by atoms with van der Waals surface area (Å²) >= 11 is 4.64. The Labute approximate surface area is 92.1 Å². The summed E-state index contributed by atoms with van der Waals surface area (Å²) in [5.74, 6) is -0.582. The number of quaternary nitrogens is 1. The average Bonchev–Trinajstić information content (AvgIpc) is 2.01. The molecule has 0 N–H and O–H groups in total. The maximum Gasteiger partial charge on any atom is 0.351 e. The second-order valence-electron chi connectivity index (χ2n) is 4.16. The molecule has 0 radical (unpaired) electrons. The molecule has 4 heteroatoms. The van der Waals surface area contributed by atoms with Gasteiger partial charge in [0.25, 0.3) is 0 Å². The van der Waals surface area contributed by atoms with Crippen LogP contribution in [0.25, 0.3) is 0 Å². The van der Waals surface area contributed by atoms with Crippen molar-refractivity contribution in [3.8, 4) is 0 Å². The minimum Gasteiger partial charge on any atom is -0.343 e. The molecule has 3 nitrogen and oxygen atoms in total. The summed E-state index contributed by atoms with van der Waals surface area (Å²) in [5.41, 5.74) is 0.301. The summed E-state index contributed by atoms with van der Waals surface area (Å²) < 4.78 is 4.84. The molecule has 0 aliphatic rings. The third-order valence-corrected chi connectivity index (χ3v) is 1.45. The first-order valence-corrected chi connectivity index (χ1v) is 4.84. The molecule has 0 saturated carbocycles. The molecule has 0 bridgehead atoms. The fourth-order valence-corrected chi connectivity index (χ4v) is 0.868. The second-order valence-corrected chi connectivity index (χ2v) is 4.31. The Morgan fingerprint density at radius 2 is 1.86 bits per heavy atom. The largest absolute Gasteiger partial charge is 0.351 e. The van der Waals surface area contributed by atoms with Crippen LogP contribution in [-0.2, 0) is 9.08 Å². The third-order valence-electron chi connectivity index (χ3n) is 1.31. The second kappa shape index (κ2) is 7.83. The Balaban J connectivity index is 0. The lowest BCUT2D eigenvalue weighted by Crippen LogP contribution is -2.34. The van der Waals surface area contributed by atoms with Gasteiger partial charge in [-0.1, -0.05) is 13.5 Å². The zero-order valence-electron chi connectivity index (χ0n) is 9.76. The van der Waals surface area contributed by atoms with Crippen LogP contribution in [0.15, 0.2) is 12.2 Å². The molecule has 0 spiro atoms. The van der Waals surface area contributed by atoms with Crippen molar-refractivity contribution in [2.45, 2.75) is 20.3 Å². The van der Waals surface area contributed by atoms with Crippen LogP contribution in [0.4, 0.5) is 0 Å². The van der Waals surface area contributed by atoms with Crippen LogP contribution in [-0.4, -0.2) is 38.1 Å². The van der Waals surface area contributed by atoms with Crippen LogP contribution >= 0.6 is 11.9 Å². The molecule has 0 aliphatic carbocycles. The molecule has 0 fully saturated rings. The Bertz CT molecular complexity index is 185. The highest BCUT2D eigenvalue weighted by atomic mass is 35.5. The Morgan fingerprint density at radius 1 is 1.43 bits per heavy atom.